The zero-order valence-electron chi connectivity index (χ0n) is 10.5. The lowest BCUT2D eigenvalue weighted by Crippen LogP contribution is -2.55. The van der Waals surface area contributed by atoms with E-state index in [4.69, 9.17) is 5.73 Å². The van der Waals surface area contributed by atoms with Crippen LogP contribution in [0.1, 0.15) is 37.0 Å². The molecule has 0 radical (unpaired) electrons. The van der Waals surface area contributed by atoms with E-state index in [1.165, 1.54) is 24.3 Å². The van der Waals surface area contributed by atoms with E-state index in [1.807, 2.05) is 11.3 Å². The number of likely N-dealkylation sites (tertiary alicyclic amines) is 1. The number of hydrogen-bond donors (Lipinski definition) is 1. The average molecular weight is 250 g/mol. The van der Waals surface area contributed by atoms with Crippen molar-refractivity contribution in [3.8, 4) is 0 Å². The predicted molar refractivity (Wildman–Crippen MR) is 73.4 cm³/mol. The summed E-state index contributed by atoms with van der Waals surface area (Å²) < 4.78 is 0. The zero-order chi connectivity index (χ0) is 11.8. The first kappa shape index (κ1) is 11.7. The smallest absolute Gasteiger partial charge is 0.0174 e. The van der Waals surface area contributed by atoms with Crippen LogP contribution >= 0.6 is 11.3 Å². The van der Waals surface area contributed by atoms with Gasteiger partial charge in [-0.05, 0) is 36.6 Å². The second kappa shape index (κ2) is 4.71. The van der Waals surface area contributed by atoms with Crippen LogP contribution in [0.3, 0.4) is 0 Å². The topological polar surface area (TPSA) is 29.3 Å². The number of thiophene rings is 1. The van der Waals surface area contributed by atoms with Gasteiger partial charge in [-0.2, -0.15) is 0 Å². The number of hydrogen-bond acceptors (Lipinski definition) is 3. The molecule has 1 aromatic heterocycles. The Labute approximate surface area is 108 Å². The third-order valence-corrected chi connectivity index (χ3v) is 5.54. The van der Waals surface area contributed by atoms with Gasteiger partial charge in [-0.25, -0.2) is 0 Å². The fourth-order valence-electron chi connectivity index (χ4n) is 3.37. The largest absolute Gasteiger partial charge is 0.327 e. The van der Waals surface area contributed by atoms with Crippen molar-refractivity contribution in [2.75, 3.05) is 13.1 Å². The van der Waals surface area contributed by atoms with Gasteiger partial charge in [0.15, 0.2) is 0 Å². The van der Waals surface area contributed by atoms with Crippen molar-refractivity contribution in [3.05, 3.63) is 22.4 Å². The summed E-state index contributed by atoms with van der Waals surface area (Å²) in [7, 11) is 0. The summed E-state index contributed by atoms with van der Waals surface area (Å²) in [6.07, 6.45) is 3.95. The highest BCUT2D eigenvalue weighted by atomic mass is 32.1. The second-order valence-corrected chi connectivity index (χ2v) is 6.76. The molecule has 1 aliphatic carbocycles. The van der Waals surface area contributed by atoms with Crippen LogP contribution in [0.4, 0.5) is 0 Å². The Morgan fingerprint density at radius 1 is 1.35 bits per heavy atom. The maximum Gasteiger partial charge on any atom is 0.0174 e. The van der Waals surface area contributed by atoms with Crippen molar-refractivity contribution in [3.63, 3.8) is 0 Å². The summed E-state index contributed by atoms with van der Waals surface area (Å²) >= 11 is 1.89. The first-order valence-electron chi connectivity index (χ1n) is 6.77. The molecule has 3 rings (SSSR count). The van der Waals surface area contributed by atoms with Crippen molar-refractivity contribution in [1.29, 1.82) is 0 Å². The Balaban J connectivity index is 1.71. The standard InChI is InChI=1S/C14H22N2S/c1-10-4-5-13(10)16-8-11(7-12(15)9-16)14-3-2-6-17-14/h2-3,6,10-13H,4-5,7-9,15H2,1H3. The third-order valence-electron chi connectivity index (χ3n) is 4.50. The lowest BCUT2D eigenvalue weighted by atomic mass is 9.78. The van der Waals surface area contributed by atoms with Crippen LogP contribution in [0.5, 0.6) is 0 Å². The normalized spacial score (nSPS) is 38.9. The van der Waals surface area contributed by atoms with E-state index < -0.39 is 0 Å². The SMILES string of the molecule is CC1CCC1N1CC(N)CC(c2cccs2)C1. The zero-order valence-corrected chi connectivity index (χ0v) is 11.3. The number of nitrogens with zero attached hydrogens (tertiary/aromatic N) is 1. The number of rotatable bonds is 2. The van der Waals surface area contributed by atoms with Crippen LogP contribution in [0.2, 0.25) is 0 Å². The molecule has 0 bridgehead atoms. The van der Waals surface area contributed by atoms with Crippen LogP contribution in [-0.2, 0) is 0 Å². The lowest BCUT2D eigenvalue weighted by molar-refractivity contribution is 0.0423. The van der Waals surface area contributed by atoms with E-state index in [9.17, 15) is 0 Å². The Bertz CT molecular complexity index is 362. The van der Waals surface area contributed by atoms with Crippen LogP contribution < -0.4 is 5.73 Å². The first-order chi connectivity index (χ1) is 8.24. The minimum absolute atomic E-state index is 0.364. The second-order valence-electron chi connectivity index (χ2n) is 5.78. The highest BCUT2D eigenvalue weighted by Gasteiger charge is 2.37. The Kier molecular flexibility index (Phi) is 3.24. The molecule has 3 heteroatoms. The molecule has 17 heavy (non-hydrogen) atoms. The number of piperidine rings is 1. The van der Waals surface area contributed by atoms with E-state index in [0.29, 0.717) is 12.0 Å². The third kappa shape index (κ3) is 2.28. The van der Waals surface area contributed by atoms with Gasteiger partial charge in [0.1, 0.15) is 0 Å². The van der Waals surface area contributed by atoms with Crippen molar-refractivity contribution in [2.45, 2.75) is 44.2 Å². The van der Waals surface area contributed by atoms with Crippen molar-refractivity contribution >= 4 is 11.3 Å². The molecule has 94 valence electrons. The van der Waals surface area contributed by atoms with E-state index >= 15 is 0 Å². The van der Waals surface area contributed by atoms with Gasteiger partial charge < -0.3 is 5.73 Å². The van der Waals surface area contributed by atoms with Gasteiger partial charge in [0.25, 0.3) is 0 Å². The van der Waals surface area contributed by atoms with E-state index in [0.717, 1.165) is 24.9 Å². The molecule has 4 atom stereocenters. The molecule has 0 aromatic carbocycles. The molecular weight excluding hydrogens is 228 g/mol. The molecule has 1 aromatic rings. The summed E-state index contributed by atoms with van der Waals surface area (Å²) in [5, 5.41) is 2.19. The van der Waals surface area contributed by atoms with Gasteiger partial charge in [-0.3, -0.25) is 4.90 Å². The molecular formula is C14H22N2S. The highest BCUT2D eigenvalue weighted by molar-refractivity contribution is 7.10. The van der Waals surface area contributed by atoms with Crippen molar-refractivity contribution in [2.24, 2.45) is 11.7 Å². The summed E-state index contributed by atoms with van der Waals surface area (Å²) in [6.45, 7) is 4.72. The number of nitrogens with two attached hydrogens (primary N) is 1. The van der Waals surface area contributed by atoms with Crippen LogP contribution in [-0.4, -0.2) is 30.1 Å². The molecule has 1 saturated carbocycles. The summed E-state index contributed by atoms with van der Waals surface area (Å²) in [4.78, 5) is 4.18. The van der Waals surface area contributed by atoms with Crippen molar-refractivity contribution < 1.29 is 0 Å². The lowest BCUT2D eigenvalue weighted by Gasteiger charge is -2.47. The van der Waals surface area contributed by atoms with Gasteiger partial charge in [0.05, 0.1) is 0 Å². The minimum atomic E-state index is 0.364. The molecule has 2 fully saturated rings. The monoisotopic (exact) mass is 250 g/mol. The molecule has 2 N–H and O–H groups in total. The Morgan fingerprint density at radius 3 is 2.82 bits per heavy atom. The maximum atomic E-state index is 6.25. The van der Waals surface area contributed by atoms with E-state index in [-0.39, 0.29) is 0 Å². The molecule has 0 spiro atoms. The quantitative estimate of drug-likeness (QED) is 0.874. The Hall–Kier alpha value is -0.380. The predicted octanol–water partition coefficient (Wildman–Crippen LogP) is 2.66. The van der Waals surface area contributed by atoms with Gasteiger partial charge in [-0.1, -0.05) is 13.0 Å². The highest BCUT2D eigenvalue weighted by Crippen LogP contribution is 2.37. The average Bonchev–Trinajstić information content (AvgIpc) is 2.79. The van der Waals surface area contributed by atoms with Crippen molar-refractivity contribution in [1.82, 2.24) is 4.90 Å². The van der Waals surface area contributed by atoms with Gasteiger partial charge >= 0.3 is 0 Å². The summed E-state index contributed by atoms with van der Waals surface area (Å²) in [5.74, 6) is 1.55. The molecule has 2 nitrogen and oxygen atoms in total. The summed E-state index contributed by atoms with van der Waals surface area (Å²) in [5.41, 5.74) is 6.25. The Morgan fingerprint density at radius 2 is 2.24 bits per heavy atom. The van der Waals surface area contributed by atoms with Crippen LogP contribution in [0.15, 0.2) is 17.5 Å². The fraction of sp³-hybridized carbons (Fsp3) is 0.714. The molecule has 2 aliphatic rings. The molecule has 2 heterocycles. The molecule has 1 aliphatic heterocycles. The maximum absolute atomic E-state index is 6.25. The fourth-order valence-corrected chi connectivity index (χ4v) is 4.20. The van der Waals surface area contributed by atoms with E-state index in [2.05, 4.69) is 29.3 Å². The van der Waals surface area contributed by atoms with Gasteiger partial charge in [-0.15, -0.1) is 11.3 Å². The first-order valence-corrected chi connectivity index (χ1v) is 7.65. The van der Waals surface area contributed by atoms with Crippen LogP contribution in [0.25, 0.3) is 0 Å². The van der Waals surface area contributed by atoms with E-state index in [1.54, 1.807) is 0 Å². The molecule has 4 unspecified atom stereocenters. The molecule has 0 amide bonds. The molecule has 1 saturated heterocycles. The van der Waals surface area contributed by atoms with Gasteiger partial charge in [0.2, 0.25) is 0 Å². The summed E-state index contributed by atoms with van der Waals surface area (Å²) in [6, 6.07) is 5.61. The minimum Gasteiger partial charge on any atom is -0.327 e. The van der Waals surface area contributed by atoms with Crippen LogP contribution in [0, 0.1) is 5.92 Å². The van der Waals surface area contributed by atoms with Gasteiger partial charge in [0, 0.05) is 36.0 Å².